The fraction of sp³-hybridized carbons (Fsp3) is 0.158. The zero-order chi connectivity index (χ0) is 20.3. The number of methoxy groups -OCH3 is 1. The van der Waals surface area contributed by atoms with Gasteiger partial charge in [-0.3, -0.25) is 14.9 Å². The number of nitro groups is 1. The summed E-state index contributed by atoms with van der Waals surface area (Å²) in [6.45, 7) is 0. The molecule has 1 N–H and O–H groups in total. The molecule has 1 heterocycles. The largest absolute Gasteiger partial charge is 0.496 e. The molecule has 0 spiro atoms. The predicted molar refractivity (Wildman–Crippen MR) is 104 cm³/mol. The van der Waals surface area contributed by atoms with E-state index in [2.05, 4.69) is 10.3 Å². The number of imidazole rings is 1. The molecule has 1 aromatic heterocycles. The molecule has 1 atom stereocenters. The van der Waals surface area contributed by atoms with Gasteiger partial charge in [0.25, 0.3) is 11.6 Å². The summed E-state index contributed by atoms with van der Waals surface area (Å²) in [5.41, 5.74) is 0.472. The van der Waals surface area contributed by atoms with Crippen LogP contribution in [0, 0.1) is 10.1 Å². The second kappa shape index (κ2) is 8.10. The first-order valence-corrected chi connectivity index (χ1v) is 8.65. The van der Waals surface area contributed by atoms with E-state index < -0.39 is 16.9 Å². The smallest absolute Gasteiger partial charge is 0.270 e. The summed E-state index contributed by atoms with van der Waals surface area (Å²) in [5.74, 6) is 0.577. The number of benzene rings is 2. The number of ether oxygens (including phenoxy) is 1. The Labute approximate surface area is 165 Å². The van der Waals surface area contributed by atoms with Crippen molar-refractivity contribution in [3.63, 3.8) is 0 Å². The van der Waals surface area contributed by atoms with Crippen molar-refractivity contribution in [2.75, 3.05) is 7.11 Å². The van der Waals surface area contributed by atoms with Crippen LogP contribution in [0.15, 0.2) is 54.9 Å². The molecule has 0 radical (unpaired) electrons. The van der Waals surface area contributed by atoms with Crippen LogP contribution in [0.25, 0.3) is 0 Å². The molecule has 9 heteroatoms. The van der Waals surface area contributed by atoms with Crippen molar-refractivity contribution in [3.05, 3.63) is 86.9 Å². The third-order valence-corrected chi connectivity index (χ3v) is 4.58. The number of non-ortho nitro benzene ring substituents is 1. The molecule has 0 aliphatic carbocycles. The first kappa shape index (κ1) is 19.4. The molecule has 0 bridgehead atoms. The first-order valence-electron chi connectivity index (χ1n) is 8.27. The highest BCUT2D eigenvalue weighted by Crippen LogP contribution is 2.30. The first-order chi connectivity index (χ1) is 13.4. The number of carbonyl (C=O) groups excluding carboxylic acids is 1. The Bertz CT molecular complexity index is 1030. The molecule has 0 fully saturated rings. The average molecular weight is 401 g/mol. The number of amides is 1. The van der Waals surface area contributed by atoms with Crippen LogP contribution in [-0.4, -0.2) is 27.5 Å². The second-order valence-electron chi connectivity index (χ2n) is 5.97. The van der Waals surface area contributed by atoms with Gasteiger partial charge in [-0.05, 0) is 12.1 Å². The molecule has 3 rings (SSSR count). The van der Waals surface area contributed by atoms with Crippen LogP contribution in [0.4, 0.5) is 5.69 Å². The highest BCUT2D eigenvalue weighted by Gasteiger charge is 2.26. The van der Waals surface area contributed by atoms with Crippen LogP contribution < -0.4 is 10.1 Å². The molecule has 28 heavy (non-hydrogen) atoms. The normalized spacial score (nSPS) is 11.7. The van der Waals surface area contributed by atoms with Gasteiger partial charge in [0.15, 0.2) is 0 Å². The van der Waals surface area contributed by atoms with E-state index in [9.17, 15) is 14.9 Å². The zero-order valence-electron chi connectivity index (χ0n) is 15.1. The fourth-order valence-electron chi connectivity index (χ4n) is 2.85. The van der Waals surface area contributed by atoms with Gasteiger partial charge in [-0.1, -0.05) is 29.8 Å². The lowest BCUT2D eigenvalue weighted by Crippen LogP contribution is -2.31. The van der Waals surface area contributed by atoms with Gasteiger partial charge < -0.3 is 14.6 Å². The molecule has 8 nitrogen and oxygen atoms in total. The van der Waals surface area contributed by atoms with E-state index in [1.54, 1.807) is 30.1 Å². The van der Waals surface area contributed by atoms with Gasteiger partial charge in [-0.15, -0.1) is 0 Å². The Balaban J connectivity index is 2.04. The Morgan fingerprint density at radius 2 is 2.07 bits per heavy atom. The maximum absolute atomic E-state index is 12.9. The van der Waals surface area contributed by atoms with Gasteiger partial charge >= 0.3 is 0 Å². The third-order valence-electron chi connectivity index (χ3n) is 4.25. The number of hydrogen-bond acceptors (Lipinski definition) is 5. The van der Waals surface area contributed by atoms with Crippen molar-refractivity contribution in [2.45, 2.75) is 6.04 Å². The van der Waals surface area contributed by atoms with Gasteiger partial charge in [0.05, 0.1) is 22.6 Å². The molecule has 2 aromatic carbocycles. The van der Waals surface area contributed by atoms with Crippen molar-refractivity contribution in [1.29, 1.82) is 0 Å². The minimum absolute atomic E-state index is 0.00461. The molecule has 144 valence electrons. The van der Waals surface area contributed by atoms with E-state index in [0.717, 1.165) is 6.07 Å². The maximum atomic E-state index is 12.9. The molecule has 3 aromatic rings. The predicted octanol–water partition coefficient (Wildman–Crippen LogP) is 3.51. The van der Waals surface area contributed by atoms with Crippen LogP contribution in [0.2, 0.25) is 5.02 Å². The number of hydrogen-bond donors (Lipinski definition) is 1. The summed E-state index contributed by atoms with van der Waals surface area (Å²) < 4.78 is 7.19. The molecule has 1 amide bonds. The van der Waals surface area contributed by atoms with Gasteiger partial charge in [-0.25, -0.2) is 4.98 Å². The topological polar surface area (TPSA) is 99.3 Å². The van der Waals surface area contributed by atoms with Crippen molar-refractivity contribution in [2.24, 2.45) is 7.05 Å². The lowest BCUT2D eigenvalue weighted by Gasteiger charge is -2.21. The minimum Gasteiger partial charge on any atom is -0.496 e. The van der Waals surface area contributed by atoms with Crippen molar-refractivity contribution < 1.29 is 14.5 Å². The van der Waals surface area contributed by atoms with Gasteiger partial charge in [-0.2, -0.15) is 0 Å². The highest BCUT2D eigenvalue weighted by atomic mass is 35.5. The van der Waals surface area contributed by atoms with E-state index >= 15 is 0 Å². The lowest BCUT2D eigenvalue weighted by atomic mass is 10.0. The highest BCUT2D eigenvalue weighted by molar-refractivity contribution is 6.34. The molecule has 0 aliphatic heterocycles. The van der Waals surface area contributed by atoms with E-state index in [-0.39, 0.29) is 16.3 Å². The van der Waals surface area contributed by atoms with E-state index in [1.807, 2.05) is 18.2 Å². The van der Waals surface area contributed by atoms with E-state index in [4.69, 9.17) is 16.3 Å². The summed E-state index contributed by atoms with van der Waals surface area (Å²) >= 11 is 6.11. The zero-order valence-corrected chi connectivity index (χ0v) is 15.9. The number of aromatic nitrogens is 2. The molecule has 1 unspecified atom stereocenters. The average Bonchev–Trinajstić information content (AvgIpc) is 3.11. The summed E-state index contributed by atoms with van der Waals surface area (Å²) in [4.78, 5) is 27.7. The van der Waals surface area contributed by atoms with Crippen LogP contribution >= 0.6 is 11.6 Å². The standard InChI is InChI=1S/C19H17ClN4O4/c1-23-10-9-21-18(23)17(13-5-3-4-6-16(13)28-2)22-19(25)14-11-12(24(26)27)7-8-15(14)20/h3-11,17H,1-2H3,(H,22,25). The van der Waals surface area contributed by atoms with Crippen LogP contribution in [0.3, 0.4) is 0 Å². The number of nitrogens with one attached hydrogen (secondary N) is 1. The van der Waals surface area contributed by atoms with Crippen molar-refractivity contribution >= 4 is 23.2 Å². The fourth-order valence-corrected chi connectivity index (χ4v) is 3.05. The minimum atomic E-state index is -0.654. The van der Waals surface area contributed by atoms with Crippen molar-refractivity contribution in [3.8, 4) is 5.75 Å². The van der Waals surface area contributed by atoms with Crippen LogP contribution in [0.1, 0.15) is 27.8 Å². The number of para-hydroxylation sites is 1. The summed E-state index contributed by atoms with van der Waals surface area (Å²) in [5, 5.41) is 14.0. The summed E-state index contributed by atoms with van der Waals surface area (Å²) in [7, 11) is 3.34. The van der Waals surface area contributed by atoms with E-state index in [1.165, 1.54) is 19.2 Å². The Morgan fingerprint density at radius 1 is 1.32 bits per heavy atom. The molecule has 0 saturated heterocycles. The van der Waals surface area contributed by atoms with Crippen LogP contribution in [-0.2, 0) is 7.05 Å². The molecule has 0 aliphatic rings. The number of carbonyl (C=O) groups is 1. The van der Waals surface area contributed by atoms with Gasteiger partial charge in [0.2, 0.25) is 0 Å². The number of halogens is 1. The number of rotatable bonds is 6. The maximum Gasteiger partial charge on any atom is 0.270 e. The van der Waals surface area contributed by atoms with Crippen LogP contribution in [0.5, 0.6) is 5.75 Å². The molecular weight excluding hydrogens is 384 g/mol. The number of nitro benzene ring substituents is 1. The quantitative estimate of drug-likeness (QED) is 0.504. The Kier molecular flexibility index (Phi) is 5.60. The monoisotopic (exact) mass is 400 g/mol. The molecular formula is C19H17ClN4O4. The van der Waals surface area contributed by atoms with Gasteiger partial charge in [0, 0.05) is 37.1 Å². The summed E-state index contributed by atoms with van der Waals surface area (Å²) in [6.07, 6.45) is 3.37. The van der Waals surface area contributed by atoms with Gasteiger partial charge in [0.1, 0.15) is 17.6 Å². The lowest BCUT2D eigenvalue weighted by molar-refractivity contribution is -0.384. The Morgan fingerprint density at radius 3 is 2.71 bits per heavy atom. The number of nitrogens with zero attached hydrogens (tertiary/aromatic N) is 3. The summed E-state index contributed by atoms with van der Waals surface area (Å²) in [6, 6.07) is 10.3. The second-order valence-corrected chi connectivity index (χ2v) is 6.37. The SMILES string of the molecule is COc1ccccc1C(NC(=O)c1cc([N+](=O)[O-])ccc1Cl)c1nccn1C. The molecule has 0 saturated carbocycles. The third kappa shape index (κ3) is 3.81. The Hall–Kier alpha value is -3.39. The van der Waals surface area contributed by atoms with Crippen molar-refractivity contribution in [1.82, 2.24) is 14.9 Å². The number of aryl methyl sites for hydroxylation is 1. The van der Waals surface area contributed by atoms with E-state index in [0.29, 0.717) is 17.1 Å².